The summed E-state index contributed by atoms with van der Waals surface area (Å²) < 4.78 is 40.2. The molecule has 1 amide bonds. The van der Waals surface area contributed by atoms with Crippen LogP contribution in [0, 0.1) is 6.92 Å². The number of anilines is 1. The van der Waals surface area contributed by atoms with E-state index in [1.807, 2.05) is 4.90 Å². The van der Waals surface area contributed by atoms with Gasteiger partial charge in [-0.25, -0.2) is 4.98 Å². The van der Waals surface area contributed by atoms with E-state index >= 15 is 0 Å². The molecule has 1 aromatic carbocycles. The number of amides is 1. The number of H-pyrrole nitrogens is 1. The van der Waals surface area contributed by atoms with Crippen LogP contribution in [0.4, 0.5) is 18.9 Å². The number of halogens is 3. The molecule has 3 rings (SSSR count). The molecule has 0 spiro atoms. The minimum atomic E-state index is -4.76. The minimum Gasteiger partial charge on any atom is -0.406 e. The molecule has 27 heavy (non-hydrogen) atoms. The van der Waals surface area contributed by atoms with Gasteiger partial charge in [0.15, 0.2) is 0 Å². The molecule has 0 radical (unpaired) electrons. The van der Waals surface area contributed by atoms with Gasteiger partial charge in [0, 0.05) is 25.2 Å². The Balaban J connectivity index is 1.57. The van der Waals surface area contributed by atoms with Crippen molar-refractivity contribution in [1.82, 2.24) is 14.9 Å². The zero-order valence-electron chi connectivity index (χ0n) is 14.4. The third-order valence-corrected chi connectivity index (χ3v) is 4.00. The monoisotopic (exact) mass is 382 g/mol. The summed E-state index contributed by atoms with van der Waals surface area (Å²) in [4.78, 5) is 33.0. The molecular formula is C17H17F3N4O3. The number of alkyl halides is 3. The van der Waals surface area contributed by atoms with E-state index in [1.165, 1.54) is 12.1 Å². The zero-order chi connectivity index (χ0) is 19.6. The lowest BCUT2D eigenvalue weighted by atomic mass is 10.1. The number of hydrogen-bond donors (Lipinski definition) is 2. The lowest BCUT2D eigenvalue weighted by Crippen LogP contribution is -2.40. The van der Waals surface area contributed by atoms with Crippen LogP contribution in [-0.4, -0.2) is 40.2 Å². The van der Waals surface area contributed by atoms with Gasteiger partial charge in [-0.3, -0.25) is 14.5 Å². The SMILES string of the molecule is Cc1nc2c(c(=O)[nH]1)CN(CC(=O)Nc1ccc(OC(F)(F)F)cc1)CC2. The highest BCUT2D eigenvalue weighted by atomic mass is 19.4. The van der Waals surface area contributed by atoms with E-state index in [0.717, 1.165) is 17.8 Å². The van der Waals surface area contributed by atoms with Crippen molar-refractivity contribution >= 4 is 11.6 Å². The summed E-state index contributed by atoms with van der Waals surface area (Å²) in [5, 5.41) is 2.61. The van der Waals surface area contributed by atoms with Crippen molar-refractivity contribution in [1.29, 1.82) is 0 Å². The maximum atomic E-state index is 12.2. The number of rotatable bonds is 4. The first kappa shape index (κ1) is 18.9. The molecule has 1 aliphatic rings. The van der Waals surface area contributed by atoms with Gasteiger partial charge in [0.2, 0.25) is 5.91 Å². The van der Waals surface area contributed by atoms with Crippen molar-refractivity contribution in [3.05, 3.63) is 51.7 Å². The van der Waals surface area contributed by atoms with E-state index in [2.05, 4.69) is 20.0 Å². The lowest BCUT2D eigenvalue weighted by Gasteiger charge is -2.26. The third-order valence-electron chi connectivity index (χ3n) is 4.00. The number of carbonyl (C=O) groups is 1. The average Bonchev–Trinajstić information content (AvgIpc) is 2.56. The van der Waals surface area contributed by atoms with E-state index in [4.69, 9.17) is 0 Å². The summed E-state index contributed by atoms with van der Waals surface area (Å²) in [6, 6.07) is 4.88. The van der Waals surface area contributed by atoms with Crippen molar-refractivity contribution in [3.63, 3.8) is 0 Å². The van der Waals surface area contributed by atoms with Crippen LogP contribution in [0.15, 0.2) is 29.1 Å². The summed E-state index contributed by atoms with van der Waals surface area (Å²) in [6.07, 6.45) is -4.20. The van der Waals surface area contributed by atoms with Crippen LogP contribution in [0.1, 0.15) is 17.1 Å². The van der Waals surface area contributed by atoms with E-state index in [9.17, 15) is 22.8 Å². The molecule has 0 saturated carbocycles. The molecular weight excluding hydrogens is 365 g/mol. The fourth-order valence-electron chi connectivity index (χ4n) is 2.88. The van der Waals surface area contributed by atoms with Crippen LogP contribution < -0.4 is 15.6 Å². The first-order chi connectivity index (χ1) is 12.7. The fraction of sp³-hybridized carbons (Fsp3) is 0.353. The van der Waals surface area contributed by atoms with Crippen LogP contribution in [0.25, 0.3) is 0 Å². The van der Waals surface area contributed by atoms with Gasteiger partial charge in [-0.15, -0.1) is 13.2 Å². The van der Waals surface area contributed by atoms with Crippen molar-refractivity contribution in [3.8, 4) is 5.75 Å². The number of aromatic nitrogens is 2. The van der Waals surface area contributed by atoms with Gasteiger partial charge in [-0.1, -0.05) is 0 Å². The van der Waals surface area contributed by atoms with E-state index in [0.29, 0.717) is 36.6 Å². The maximum absolute atomic E-state index is 12.2. The van der Waals surface area contributed by atoms with Crippen LogP contribution in [0.3, 0.4) is 0 Å². The van der Waals surface area contributed by atoms with Gasteiger partial charge in [-0.2, -0.15) is 0 Å². The quantitative estimate of drug-likeness (QED) is 0.844. The second kappa shape index (κ2) is 7.39. The van der Waals surface area contributed by atoms with Gasteiger partial charge in [-0.05, 0) is 31.2 Å². The number of hydrogen-bond acceptors (Lipinski definition) is 5. The number of benzene rings is 1. The van der Waals surface area contributed by atoms with Gasteiger partial charge >= 0.3 is 6.36 Å². The molecule has 144 valence electrons. The summed E-state index contributed by atoms with van der Waals surface area (Å²) >= 11 is 0. The maximum Gasteiger partial charge on any atom is 0.573 e. The minimum absolute atomic E-state index is 0.0492. The summed E-state index contributed by atoms with van der Waals surface area (Å²) in [5.74, 6) is -0.141. The molecule has 0 bridgehead atoms. The second-order valence-corrected chi connectivity index (χ2v) is 6.16. The topological polar surface area (TPSA) is 87.3 Å². The second-order valence-electron chi connectivity index (χ2n) is 6.16. The fourth-order valence-corrected chi connectivity index (χ4v) is 2.88. The number of nitrogens with one attached hydrogen (secondary N) is 2. The Labute approximate surface area is 152 Å². The van der Waals surface area contributed by atoms with E-state index in [-0.39, 0.29) is 23.8 Å². The Hall–Kier alpha value is -2.88. The van der Waals surface area contributed by atoms with Crippen LogP contribution in [0.5, 0.6) is 5.75 Å². The molecule has 0 aliphatic carbocycles. The lowest BCUT2D eigenvalue weighted by molar-refractivity contribution is -0.274. The molecule has 2 heterocycles. The van der Waals surface area contributed by atoms with Gasteiger partial charge in [0.25, 0.3) is 5.56 Å². The number of carbonyl (C=O) groups excluding carboxylic acids is 1. The highest BCUT2D eigenvalue weighted by Gasteiger charge is 2.31. The molecule has 0 fully saturated rings. The van der Waals surface area contributed by atoms with Crippen LogP contribution >= 0.6 is 0 Å². The zero-order valence-corrected chi connectivity index (χ0v) is 14.4. The number of nitrogens with zero attached hydrogens (tertiary/aromatic N) is 2. The van der Waals surface area contributed by atoms with Crippen molar-refractivity contribution in [2.24, 2.45) is 0 Å². The third kappa shape index (κ3) is 5.07. The largest absolute Gasteiger partial charge is 0.573 e. The van der Waals surface area contributed by atoms with Crippen molar-refractivity contribution in [2.75, 3.05) is 18.4 Å². The predicted molar refractivity (Wildman–Crippen MR) is 90.3 cm³/mol. The molecule has 2 aromatic rings. The molecule has 0 saturated heterocycles. The Morgan fingerprint density at radius 2 is 2.04 bits per heavy atom. The smallest absolute Gasteiger partial charge is 0.406 e. The van der Waals surface area contributed by atoms with Gasteiger partial charge in [0.1, 0.15) is 11.6 Å². The molecule has 1 aliphatic heterocycles. The van der Waals surface area contributed by atoms with Crippen molar-refractivity contribution < 1.29 is 22.7 Å². The van der Waals surface area contributed by atoms with E-state index < -0.39 is 6.36 Å². The Bertz CT molecular complexity index is 894. The Morgan fingerprint density at radius 1 is 1.33 bits per heavy atom. The molecule has 0 atom stereocenters. The highest BCUT2D eigenvalue weighted by molar-refractivity contribution is 5.92. The van der Waals surface area contributed by atoms with Crippen molar-refractivity contribution in [2.45, 2.75) is 26.3 Å². The number of aryl methyl sites for hydroxylation is 1. The Kier molecular flexibility index (Phi) is 5.17. The number of aromatic amines is 1. The normalized spacial score (nSPS) is 14.5. The Morgan fingerprint density at radius 3 is 2.70 bits per heavy atom. The molecule has 10 heteroatoms. The molecule has 7 nitrogen and oxygen atoms in total. The standard InChI is InChI=1S/C17H17F3N4O3/c1-10-21-14-6-7-24(8-13(14)16(26)22-10)9-15(25)23-11-2-4-12(5-3-11)27-17(18,19)20/h2-5H,6-9H2,1H3,(H,23,25)(H,21,22,26). The first-order valence-electron chi connectivity index (χ1n) is 8.16. The molecule has 2 N–H and O–H groups in total. The number of ether oxygens (including phenoxy) is 1. The number of fused-ring (bicyclic) bond motifs is 1. The summed E-state index contributed by atoms with van der Waals surface area (Å²) in [7, 11) is 0. The van der Waals surface area contributed by atoms with Crippen LogP contribution in [0.2, 0.25) is 0 Å². The summed E-state index contributed by atoms with van der Waals surface area (Å²) in [5.41, 5.74) is 1.44. The predicted octanol–water partition coefficient (Wildman–Crippen LogP) is 1.97. The van der Waals surface area contributed by atoms with Gasteiger partial charge in [0.05, 0.1) is 17.8 Å². The molecule has 1 aromatic heterocycles. The highest BCUT2D eigenvalue weighted by Crippen LogP contribution is 2.24. The average molecular weight is 382 g/mol. The molecule has 0 unspecified atom stereocenters. The van der Waals surface area contributed by atoms with Gasteiger partial charge < -0.3 is 15.0 Å². The first-order valence-corrected chi connectivity index (χ1v) is 8.16. The van der Waals surface area contributed by atoms with Crippen LogP contribution in [-0.2, 0) is 17.8 Å². The van der Waals surface area contributed by atoms with E-state index in [1.54, 1.807) is 6.92 Å². The summed E-state index contributed by atoms with van der Waals surface area (Å²) in [6.45, 7) is 2.65.